The van der Waals surface area contributed by atoms with E-state index in [2.05, 4.69) is 28.3 Å². The largest absolute Gasteiger partial charge is 0.463 e. The minimum absolute atomic E-state index is 0.767. The zero-order valence-electron chi connectivity index (χ0n) is 11.8. The molecule has 4 heteroatoms. The Bertz CT molecular complexity index is 522. The lowest BCUT2D eigenvalue weighted by molar-refractivity contribution is 0.280. The van der Waals surface area contributed by atoms with Crippen molar-refractivity contribution in [3.8, 4) is 0 Å². The third-order valence-electron chi connectivity index (χ3n) is 2.87. The summed E-state index contributed by atoms with van der Waals surface area (Å²) in [6.45, 7) is 4.40. The fourth-order valence-electron chi connectivity index (χ4n) is 2.06. The van der Waals surface area contributed by atoms with E-state index >= 15 is 0 Å². The molecule has 0 atom stereocenters. The van der Waals surface area contributed by atoms with Crippen molar-refractivity contribution in [1.29, 1.82) is 0 Å². The van der Waals surface area contributed by atoms with Gasteiger partial charge in [-0.05, 0) is 45.3 Å². The van der Waals surface area contributed by atoms with Crippen LogP contribution in [0.3, 0.4) is 0 Å². The van der Waals surface area contributed by atoms with Crippen molar-refractivity contribution in [2.24, 2.45) is 0 Å². The van der Waals surface area contributed by atoms with Crippen molar-refractivity contribution in [3.05, 3.63) is 53.2 Å². The first-order chi connectivity index (χ1) is 9.17. The van der Waals surface area contributed by atoms with Gasteiger partial charge in [-0.3, -0.25) is 9.88 Å². The van der Waals surface area contributed by atoms with Gasteiger partial charge in [0.25, 0.3) is 0 Å². The quantitative estimate of drug-likeness (QED) is 0.864. The zero-order chi connectivity index (χ0) is 13.7. The number of rotatable bonds is 6. The van der Waals surface area contributed by atoms with Gasteiger partial charge in [0.05, 0.1) is 18.8 Å². The van der Waals surface area contributed by atoms with Gasteiger partial charge in [0.15, 0.2) is 0 Å². The highest BCUT2D eigenvalue weighted by molar-refractivity contribution is 5.10. The number of furan rings is 1. The number of hydrogen-bond acceptors (Lipinski definition) is 4. The van der Waals surface area contributed by atoms with Crippen LogP contribution in [0.15, 0.2) is 34.7 Å². The van der Waals surface area contributed by atoms with Crippen LogP contribution < -0.4 is 5.32 Å². The van der Waals surface area contributed by atoms with Crippen LogP contribution in [0.25, 0.3) is 0 Å². The summed E-state index contributed by atoms with van der Waals surface area (Å²) in [5.74, 6) is 1.96. The number of aryl methyl sites for hydroxylation is 1. The molecule has 0 amide bonds. The van der Waals surface area contributed by atoms with Gasteiger partial charge in [-0.15, -0.1) is 0 Å². The average molecular weight is 259 g/mol. The normalized spacial score (nSPS) is 11.2. The molecule has 0 aliphatic rings. The van der Waals surface area contributed by atoms with Crippen LogP contribution in [0.5, 0.6) is 0 Å². The summed E-state index contributed by atoms with van der Waals surface area (Å²) in [5.41, 5.74) is 2.14. The lowest BCUT2D eigenvalue weighted by atomic mass is 10.3. The Balaban J connectivity index is 1.91. The first-order valence-electron chi connectivity index (χ1n) is 6.50. The Morgan fingerprint density at radius 1 is 1.16 bits per heavy atom. The highest BCUT2D eigenvalue weighted by atomic mass is 16.3. The summed E-state index contributed by atoms with van der Waals surface area (Å²) in [4.78, 5) is 6.71. The second kappa shape index (κ2) is 6.50. The molecule has 1 N–H and O–H groups in total. The summed E-state index contributed by atoms with van der Waals surface area (Å²) >= 11 is 0. The van der Waals surface area contributed by atoms with Crippen molar-refractivity contribution >= 4 is 0 Å². The Morgan fingerprint density at radius 3 is 2.68 bits per heavy atom. The molecule has 0 radical (unpaired) electrons. The van der Waals surface area contributed by atoms with Crippen LogP contribution >= 0.6 is 0 Å². The highest BCUT2D eigenvalue weighted by Crippen LogP contribution is 2.11. The van der Waals surface area contributed by atoms with Gasteiger partial charge < -0.3 is 9.73 Å². The Hall–Kier alpha value is -1.65. The molecule has 0 bridgehead atoms. The topological polar surface area (TPSA) is 41.3 Å². The summed E-state index contributed by atoms with van der Waals surface area (Å²) < 4.78 is 5.73. The molecular formula is C15H21N3O. The Morgan fingerprint density at radius 2 is 1.95 bits per heavy atom. The molecule has 19 heavy (non-hydrogen) atoms. The molecule has 0 aromatic carbocycles. The zero-order valence-corrected chi connectivity index (χ0v) is 11.8. The van der Waals surface area contributed by atoms with Crippen LogP contribution in [0, 0.1) is 6.92 Å². The second-order valence-corrected chi connectivity index (χ2v) is 4.84. The Labute approximate surface area is 114 Å². The minimum atomic E-state index is 0.767. The van der Waals surface area contributed by atoms with Gasteiger partial charge >= 0.3 is 0 Å². The van der Waals surface area contributed by atoms with Gasteiger partial charge in [-0.2, -0.15) is 0 Å². The van der Waals surface area contributed by atoms with Crippen LogP contribution in [0.2, 0.25) is 0 Å². The molecule has 0 unspecified atom stereocenters. The van der Waals surface area contributed by atoms with Gasteiger partial charge in [-0.1, -0.05) is 6.07 Å². The number of nitrogens with one attached hydrogen (secondary N) is 1. The lowest BCUT2D eigenvalue weighted by Gasteiger charge is -2.14. The first kappa shape index (κ1) is 13.8. The molecule has 0 saturated carbocycles. The third-order valence-corrected chi connectivity index (χ3v) is 2.87. The standard InChI is InChI=1S/C15H21N3O/c1-12-5-4-6-13(17-12)10-18(3)11-15-8-7-14(19-15)9-16-2/h4-8,16H,9-11H2,1-3H3. The maximum atomic E-state index is 5.73. The number of nitrogens with zero attached hydrogens (tertiary/aromatic N) is 2. The van der Waals surface area contributed by atoms with Crippen molar-refractivity contribution < 1.29 is 4.42 Å². The molecule has 102 valence electrons. The van der Waals surface area contributed by atoms with E-state index in [-0.39, 0.29) is 0 Å². The van der Waals surface area contributed by atoms with Crippen LogP contribution in [0.1, 0.15) is 22.9 Å². The third kappa shape index (κ3) is 4.19. The van der Waals surface area contributed by atoms with Crippen molar-refractivity contribution in [1.82, 2.24) is 15.2 Å². The summed E-state index contributed by atoms with van der Waals surface area (Å²) in [6, 6.07) is 10.2. The molecule has 2 aromatic heterocycles. The molecule has 0 fully saturated rings. The molecule has 2 heterocycles. The van der Waals surface area contributed by atoms with Crippen molar-refractivity contribution in [2.75, 3.05) is 14.1 Å². The van der Waals surface area contributed by atoms with Gasteiger partial charge in [0, 0.05) is 12.2 Å². The highest BCUT2D eigenvalue weighted by Gasteiger charge is 2.06. The van der Waals surface area contributed by atoms with E-state index in [1.807, 2.05) is 38.2 Å². The molecule has 4 nitrogen and oxygen atoms in total. The van der Waals surface area contributed by atoms with Crippen LogP contribution in [-0.4, -0.2) is 24.0 Å². The molecule has 0 saturated heterocycles. The minimum Gasteiger partial charge on any atom is -0.463 e. The fourth-order valence-corrected chi connectivity index (χ4v) is 2.06. The molecule has 0 aliphatic heterocycles. The monoisotopic (exact) mass is 259 g/mol. The summed E-state index contributed by atoms with van der Waals surface area (Å²) in [5, 5.41) is 3.08. The summed E-state index contributed by atoms with van der Waals surface area (Å²) in [7, 11) is 3.99. The summed E-state index contributed by atoms with van der Waals surface area (Å²) in [6.07, 6.45) is 0. The maximum Gasteiger partial charge on any atom is 0.118 e. The van der Waals surface area contributed by atoms with E-state index in [4.69, 9.17) is 4.42 Å². The predicted molar refractivity (Wildman–Crippen MR) is 75.6 cm³/mol. The number of hydrogen-bond donors (Lipinski definition) is 1. The van der Waals surface area contributed by atoms with Gasteiger partial charge in [0.2, 0.25) is 0 Å². The van der Waals surface area contributed by atoms with Gasteiger partial charge in [-0.25, -0.2) is 0 Å². The van der Waals surface area contributed by atoms with Gasteiger partial charge in [0.1, 0.15) is 11.5 Å². The predicted octanol–water partition coefficient (Wildman–Crippen LogP) is 2.33. The van der Waals surface area contributed by atoms with Crippen LogP contribution in [-0.2, 0) is 19.6 Å². The van der Waals surface area contributed by atoms with E-state index in [0.717, 1.165) is 42.5 Å². The van der Waals surface area contributed by atoms with E-state index in [9.17, 15) is 0 Å². The maximum absolute atomic E-state index is 5.73. The van der Waals surface area contributed by atoms with E-state index < -0.39 is 0 Å². The molecular weight excluding hydrogens is 238 g/mol. The Kier molecular flexibility index (Phi) is 4.71. The van der Waals surface area contributed by atoms with E-state index in [0.29, 0.717) is 0 Å². The van der Waals surface area contributed by atoms with E-state index in [1.54, 1.807) is 0 Å². The van der Waals surface area contributed by atoms with Crippen LogP contribution in [0.4, 0.5) is 0 Å². The second-order valence-electron chi connectivity index (χ2n) is 4.84. The first-order valence-corrected chi connectivity index (χ1v) is 6.50. The lowest BCUT2D eigenvalue weighted by Crippen LogP contribution is -2.17. The molecule has 2 aromatic rings. The SMILES string of the molecule is CNCc1ccc(CN(C)Cc2cccc(C)n2)o1. The van der Waals surface area contributed by atoms with Crippen molar-refractivity contribution in [2.45, 2.75) is 26.6 Å². The average Bonchev–Trinajstić information content (AvgIpc) is 2.77. The molecule has 0 aliphatic carbocycles. The molecule has 2 rings (SSSR count). The fraction of sp³-hybridized carbons (Fsp3) is 0.400. The molecule has 0 spiro atoms. The number of aromatic nitrogens is 1. The van der Waals surface area contributed by atoms with E-state index in [1.165, 1.54) is 0 Å². The smallest absolute Gasteiger partial charge is 0.118 e. The number of pyridine rings is 1. The van der Waals surface area contributed by atoms with Crippen molar-refractivity contribution in [3.63, 3.8) is 0 Å².